The van der Waals surface area contributed by atoms with Gasteiger partial charge in [0.15, 0.2) is 0 Å². The van der Waals surface area contributed by atoms with E-state index in [1.54, 1.807) is 0 Å². The second kappa shape index (κ2) is 11.1. The zero-order valence-corrected chi connectivity index (χ0v) is 21.2. The highest BCUT2D eigenvalue weighted by Gasteiger charge is 2.24. The van der Waals surface area contributed by atoms with Gasteiger partial charge in [-0.3, -0.25) is 4.79 Å². The number of esters is 1. The average Bonchev–Trinajstić information content (AvgIpc) is 3.69. The highest BCUT2D eigenvalue weighted by molar-refractivity contribution is 6.18. The molecule has 1 aliphatic heterocycles. The molecule has 0 saturated carbocycles. The zero-order valence-electron chi connectivity index (χ0n) is 20.4. The van der Waals surface area contributed by atoms with Gasteiger partial charge in [0.1, 0.15) is 24.2 Å². The van der Waals surface area contributed by atoms with Crippen LogP contribution in [-0.2, 0) is 9.53 Å². The molecular weight excluding hydrogens is 460 g/mol. The summed E-state index contributed by atoms with van der Waals surface area (Å²) in [4.78, 5) is 12.3. The first-order valence-corrected chi connectivity index (χ1v) is 12.4. The largest absolute Gasteiger partial charge is 0.491 e. The number of carbonyl (C=O) groups is 1. The predicted octanol–water partition coefficient (Wildman–Crippen LogP) is 7.00. The molecule has 0 aliphatic carbocycles. The Kier molecular flexibility index (Phi) is 7.94. The summed E-state index contributed by atoms with van der Waals surface area (Å²) in [6.45, 7) is 6.86. The maximum atomic E-state index is 12.3. The van der Waals surface area contributed by atoms with Crippen LogP contribution in [0.3, 0.4) is 0 Å². The summed E-state index contributed by atoms with van der Waals surface area (Å²) in [5.41, 5.74) is 4.87. The Labute approximate surface area is 212 Å². The summed E-state index contributed by atoms with van der Waals surface area (Å²) in [7, 11) is 0. The maximum Gasteiger partial charge on any atom is 0.316 e. The minimum atomic E-state index is -0.569. The number of rotatable bonds is 9. The van der Waals surface area contributed by atoms with E-state index >= 15 is 0 Å². The number of benzene rings is 3. The average molecular weight is 491 g/mol. The molecule has 0 aromatic heterocycles. The van der Waals surface area contributed by atoms with Crippen molar-refractivity contribution in [2.45, 2.75) is 33.3 Å². The molecule has 3 aromatic rings. The van der Waals surface area contributed by atoms with Crippen molar-refractivity contribution in [3.63, 3.8) is 0 Å². The van der Waals surface area contributed by atoms with E-state index in [9.17, 15) is 4.79 Å². The molecule has 1 atom stereocenters. The van der Waals surface area contributed by atoms with E-state index < -0.39 is 5.41 Å². The Morgan fingerprint density at radius 3 is 1.97 bits per heavy atom. The normalized spacial score (nSPS) is 15.8. The van der Waals surface area contributed by atoms with Gasteiger partial charge in [-0.15, -0.1) is 11.6 Å². The zero-order chi connectivity index (χ0) is 24.8. The fourth-order valence-corrected chi connectivity index (χ4v) is 3.87. The van der Waals surface area contributed by atoms with Crippen molar-refractivity contribution < 1.29 is 19.0 Å². The lowest BCUT2D eigenvalue weighted by atomic mass is 9.88. The molecule has 4 nitrogen and oxygen atoms in total. The van der Waals surface area contributed by atoms with Gasteiger partial charge >= 0.3 is 5.97 Å². The molecule has 5 heteroatoms. The van der Waals surface area contributed by atoms with Gasteiger partial charge in [0.2, 0.25) is 0 Å². The molecule has 1 fully saturated rings. The van der Waals surface area contributed by atoms with E-state index in [0.29, 0.717) is 24.7 Å². The smallest absolute Gasteiger partial charge is 0.316 e. The van der Waals surface area contributed by atoms with Crippen LogP contribution in [0.1, 0.15) is 43.9 Å². The number of ether oxygens (including phenoxy) is 3. The summed E-state index contributed by atoms with van der Waals surface area (Å²) in [6.07, 6.45) is 0.920. The van der Waals surface area contributed by atoms with E-state index in [4.69, 9.17) is 25.8 Å². The second-order valence-corrected chi connectivity index (χ2v) is 9.99. The lowest BCUT2D eigenvalue weighted by Gasteiger charge is -2.19. The molecule has 1 saturated heterocycles. The summed E-state index contributed by atoms with van der Waals surface area (Å²) in [5, 5.41) is 0. The van der Waals surface area contributed by atoms with Crippen LogP contribution in [-0.4, -0.2) is 31.2 Å². The van der Waals surface area contributed by atoms with Gasteiger partial charge < -0.3 is 14.2 Å². The molecule has 0 N–H and O–H groups in total. The molecule has 0 amide bonds. The van der Waals surface area contributed by atoms with Crippen molar-refractivity contribution in [2.24, 2.45) is 5.41 Å². The minimum Gasteiger partial charge on any atom is -0.491 e. The fourth-order valence-electron chi connectivity index (χ4n) is 3.68. The van der Waals surface area contributed by atoms with Crippen LogP contribution >= 0.6 is 11.6 Å². The fraction of sp³-hybridized carbons (Fsp3) is 0.300. The molecule has 35 heavy (non-hydrogen) atoms. The molecular formula is C30H31ClO4. The van der Waals surface area contributed by atoms with Crippen LogP contribution in [0, 0.1) is 5.41 Å². The van der Waals surface area contributed by atoms with Crippen molar-refractivity contribution >= 4 is 28.7 Å². The number of hydrogen-bond donors (Lipinski definition) is 0. The molecule has 4 rings (SSSR count). The number of halogens is 1. The number of allylic oxidation sites excluding steroid dienone is 1. The molecule has 1 heterocycles. The lowest BCUT2D eigenvalue weighted by Crippen LogP contribution is -2.25. The Bertz CT molecular complexity index is 1160. The van der Waals surface area contributed by atoms with Crippen LogP contribution in [0.25, 0.3) is 11.1 Å². The van der Waals surface area contributed by atoms with Crippen molar-refractivity contribution in [1.29, 1.82) is 0 Å². The third-order valence-electron chi connectivity index (χ3n) is 5.72. The standard InChI is InChI=1S/C30H31ClO4/c1-30(2,3)29(32)35-25-15-11-23(12-16-25)28(27(17-18-31)21-7-5-4-6-8-21)22-9-13-24(14-10-22)33-19-26-20-34-26/h4-16,26H,17-20H2,1-3H3. The SMILES string of the molecule is CC(C)(C)C(=O)Oc1ccc(C(=C(CCCl)c2ccccc2)c2ccc(OCC3CO3)cc2)cc1. The Hall–Kier alpha value is -3.08. The molecule has 0 radical (unpaired) electrons. The van der Waals surface area contributed by atoms with E-state index in [2.05, 4.69) is 24.3 Å². The molecule has 0 bridgehead atoms. The number of epoxide rings is 1. The van der Waals surface area contributed by atoms with Crippen LogP contribution in [0.2, 0.25) is 0 Å². The summed E-state index contributed by atoms with van der Waals surface area (Å²) in [5.74, 6) is 1.57. The van der Waals surface area contributed by atoms with Gasteiger partial charge in [-0.1, -0.05) is 54.6 Å². The van der Waals surface area contributed by atoms with E-state index in [1.165, 1.54) is 0 Å². The van der Waals surface area contributed by atoms with Crippen molar-refractivity contribution in [2.75, 3.05) is 19.1 Å². The molecule has 3 aromatic carbocycles. The number of alkyl halides is 1. The predicted molar refractivity (Wildman–Crippen MR) is 141 cm³/mol. The van der Waals surface area contributed by atoms with Crippen molar-refractivity contribution in [3.8, 4) is 11.5 Å². The topological polar surface area (TPSA) is 48.1 Å². The van der Waals surface area contributed by atoms with Gasteiger partial charge in [0.25, 0.3) is 0 Å². The van der Waals surface area contributed by atoms with Gasteiger partial charge in [-0.2, -0.15) is 0 Å². The van der Waals surface area contributed by atoms with E-state index in [0.717, 1.165) is 40.2 Å². The van der Waals surface area contributed by atoms with Crippen molar-refractivity contribution in [1.82, 2.24) is 0 Å². The first-order valence-electron chi connectivity index (χ1n) is 11.9. The Balaban J connectivity index is 1.72. The summed E-state index contributed by atoms with van der Waals surface area (Å²) >= 11 is 6.27. The van der Waals surface area contributed by atoms with Gasteiger partial charge in [-0.05, 0) is 79.3 Å². The van der Waals surface area contributed by atoms with Crippen LogP contribution in [0.15, 0.2) is 78.9 Å². The molecule has 1 aliphatic rings. The minimum absolute atomic E-state index is 0.212. The third-order valence-corrected chi connectivity index (χ3v) is 5.90. The monoisotopic (exact) mass is 490 g/mol. The quantitative estimate of drug-likeness (QED) is 0.106. The highest BCUT2D eigenvalue weighted by atomic mass is 35.5. The first kappa shape index (κ1) is 25.0. The second-order valence-electron chi connectivity index (χ2n) is 9.61. The Morgan fingerprint density at radius 1 is 0.886 bits per heavy atom. The van der Waals surface area contributed by atoms with Crippen LogP contribution < -0.4 is 9.47 Å². The van der Waals surface area contributed by atoms with Crippen LogP contribution in [0.4, 0.5) is 0 Å². The van der Waals surface area contributed by atoms with Gasteiger partial charge in [0, 0.05) is 5.88 Å². The highest BCUT2D eigenvalue weighted by Crippen LogP contribution is 2.36. The van der Waals surface area contributed by atoms with Gasteiger partial charge in [-0.25, -0.2) is 0 Å². The summed E-state index contributed by atoms with van der Waals surface area (Å²) < 4.78 is 16.6. The third kappa shape index (κ3) is 6.74. The Morgan fingerprint density at radius 2 is 1.46 bits per heavy atom. The van der Waals surface area contributed by atoms with E-state index in [-0.39, 0.29) is 12.1 Å². The van der Waals surface area contributed by atoms with Gasteiger partial charge in [0.05, 0.1) is 12.0 Å². The van der Waals surface area contributed by atoms with Crippen LogP contribution in [0.5, 0.6) is 11.5 Å². The molecule has 182 valence electrons. The maximum absolute atomic E-state index is 12.3. The van der Waals surface area contributed by atoms with Crippen molar-refractivity contribution in [3.05, 3.63) is 95.6 Å². The first-order chi connectivity index (χ1) is 16.8. The summed E-state index contributed by atoms with van der Waals surface area (Å²) in [6, 6.07) is 26.1. The number of carbonyl (C=O) groups excluding carboxylic acids is 1. The molecule has 0 spiro atoms. The lowest BCUT2D eigenvalue weighted by molar-refractivity contribution is -0.142. The van der Waals surface area contributed by atoms with E-state index in [1.807, 2.05) is 75.4 Å². The molecule has 1 unspecified atom stereocenters. The number of hydrogen-bond acceptors (Lipinski definition) is 4.